The van der Waals surface area contributed by atoms with Crippen LogP contribution in [0.4, 0.5) is 0 Å². The maximum Gasteiger partial charge on any atom is 0.129 e. The van der Waals surface area contributed by atoms with E-state index in [1.807, 2.05) is 26.0 Å². The summed E-state index contributed by atoms with van der Waals surface area (Å²) in [7, 11) is 0. The highest BCUT2D eigenvalue weighted by Crippen LogP contribution is 2.43. The molecule has 0 fully saturated rings. The Morgan fingerprint density at radius 1 is 1.38 bits per heavy atom. The van der Waals surface area contributed by atoms with Crippen molar-refractivity contribution in [3.8, 4) is 5.75 Å². The van der Waals surface area contributed by atoms with Crippen LogP contribution in [0.25, 0.3) is 0 Å². The Balaban J connectivity index is 2.53. The number of fused-ring (bicyclic) bond motifs is 1. The quantitative estimate of drug-likeness (QED) is 0.786. The second-order valence-electron chi connectivity index (χ2n) is 5.50. The number of aliphatic hydroxyl groups excluding tert-OH is 1. The molecule has 2 heteroatoms. The Morgan fingerprint density at radius 2 is 2.06 bits per heavy atom. The van der Waals surface area contributed by atoms with Gasteiger partial charge in [-0.15, -0.1) is 0 Å². The first-order chi connectivity index (χ1) is 7.41. The van der Waals surface area contributed by atoms with Crippen LogP contribution < -0.4 is 4.74 Å². The van der Waals surface area contributed by atoms with E-state index in [9.17, 15) is 5.11 Å². The lowest BCUT2D eigenvalue weighted by atomic mass is 9.88. The van der Waals surface area contributed by atoms with Crippen LogP contribution in [0.15, 0.2) is 18.2 Å². The van der Waals surface area contributed by atoms with Gasteiger partial charge in [-0.3, -0.25) is 0 Å². The summed E-state index contributed by atoms with van der Waals surface area (Å²) in [6.07, 6.45) is 0.249. The summed E-state index contributed by atoms with van der Waals surface area (Å²) < 4.78 is 6.02. The normalized spacial score (nSPS) is 22.8. The molecule has 1 aliphatic heterocycles. The summed E-state index contributed by atoms with van der Waals surface area (Å²) in [5.41, 5.74) is 1.84. The van der Waals surface area contributed by atoms with Crippen molar-refractivity contribution in [2.75, 3.05) is 0 Å². The zero-order chi connectivity index (χ0) is 11.9. The van der Waals surface area contributed by atoms with Crippen molar-refractivity contribution in [2.45, 2.75) is 51.7 Å². The smallest absolute Gasteiger partial charge is 0.129 e. The molecule has 0 amide bonds. The third-order valence-corrected chi connectivity index (χ3v) is 3.12. The molecule has 1 aliphatic rings. The van der Waals surface area contributed by atoms with Crippen LogP contribution in [-0.2, 0) is 0 Å². The predicted octanol–water partition coefficient (Wildman–Crippen LogP) is 3.40. The number of ether oxygens (including phenoxy) is 1. The second kappa shape index (κ2) is 3.77. The van der Waals surface area contributed by atoms with E-state index >= 15 is 0 Å². The van der Waals surface area contributed by atoms with Gasteiger partial charge in [0, 0.05) is 12.0 Å². The highest BCUT2D eigenvalue weighted by molar-refractivity contribution is 5.46. The minimum atomic E-state index is -0.405. The summed E-state index contributed by atoms with van der Waals surface area (Å²) in [6, 6.07) is 6.04. The summed E-state index contributed by atoms with van der Waals surface area (Å²) in [5.74, 6) is 1.30. The molecule has 1 N–H and O–H groups in total. The van der Waals surface area contributed by atoms with E-state index < -0.39 is 6.10 Å². The van der Waals surface area contributed by atoms with Gasteiger partial charge in [0.2, 0.25) is 0 Å². The molecule has 2 nitrogen and oxygen atoms in total. The lowest BCUT2D eigenvalue weighted by molar-refractivity contribution is 0.0105. The Labute approximate surface area is 97.3 Å². The van der Waals surface area contributed by atoms with Gasteiger partial charge in [-0.1, -0.05) is 32.0 Å². The summed E-state index contributed by atoms with van der Waals surface area (Å²) in [5, 5.41) is 10.1. The lowest BCUT2D eigenvalue weighted by Crippen LogP contribution is -2.35. The molecule has 1 aromatic carbocycles. The summed E-state index contributed by atoms with van der Waals surface area (Å²) in [6.45, 7) is 8.34. The number of rotatable bonds is 1. The van der Waals surface area contributed by atoms with E-state index in [2.05, 4.69) is 19.9 Å². The van der Waals surface area contributed by atoms with Crippen LogP contribution in [0.2, 0.25) is 0 Å². The second-order valence-corrected chi connectivity index (χ2v) is 5.50. The lowest BCUT2D eigenvalue weighted by Gasteiger charge is -2.37. The van der Waals surface area contributed by atoms with E-state index in [-0.39, 0.29) is 5.60 Å². The van der Waals surface area contributed by atoms with Gasteiger partial charge in [-0.05, 0) is 25.3 Å². The van der Waals surface area contributed by atoms with E-state index in [4.69, 9.17) is 4.74 Å². The Morgan fingerprint density at radius 3 is 2.69 bits per heavy atom. The van der Waals surface area contributed by atoms with Crippen LogP contribution in [0.3, 0.4) is 0 Å². The molecule has 0 radical (unpaired) electrons. The fourth-order valence-electron chi connectivity index (χ4n) is 2.30. The number of hydrogen-bond donors (Lipinski definition) is 1. The van der Waals surface area contributed by atoms with Crippen LogP contribution in [0, 0.1) is 0 Å². The van der Waals surface area contributed by atoms with Gasteiger partial charge in [-0.25, -0.2) is 0 Å². The molecule has 1 heterocycles. The van der Waals surface area contributed by atoms with E-state index in [1.165, 1.54) is 5.56 Å². The average molecular weight is 220 g/mol. The molecule has 0 aliphatic carbocycles. The van der Waals surface area contributed by atoms with Crippen molar-refractivity contribution in [3.63, 3.8) is 0 Å². The largest absolute Gasteiger partial charge is 0.487 e. The highest BCUT2D eigenvalue weighted by Gasteiger charge is 2.34. The monoisotopic (exact) mass is 220 g/mol. The molecule has 1 atom stereocenters. The van der Waals surface area contributed by atoms with Gasteiger partial charge >= 0.3 is 0 Å². The molecule has 88 valence electrons. The third-order valence-electron chi connectivity index (χ3n) is 3.12. The number of hydrogen-bond acceptors (Lipinski definition) is 2. The predicted molar refractivity (Wildman–Crippen MR) is 64.8 cm³/mol. The zero-order valence-electron chi connectivity index (χ0n) is 10.4. The minimum absolute atomic E-state index is 0.280. The first-order valence-electron chi connectivity index (χ1n) is 5.90. The number of benzene rings is 1. The molecule has 2 rings (SSSR count). The van der Waals surface area contributed by atoms with Gasteiger partial charge < -0.3 is 9.84 Å². The first-order valence-corrected chi connectivity index (χ1v) is 5.90. The Hall–Kier alpha value is -1.02. The number of para-hydroxylation sites is 1. The molecular formula is C14H20O2. The first kappa shape index (κ1) is 11.5. The Kier molecular flexibility index (Phi) is 2.70. The van der Waals surface area contributed by atoms with Crippen molar-refractivity contribution in [1.82, 2.24) is 0 Å². The fraction of sp³-hybridized carbons (Fsp3) is 0.571. The molecule has 0 spiro atoms. The van der Waals surface area contributed by atoms with Gasteiger partial charge in [0.05, 0.1) is 6.10 Å². The molecule has 0 saturated carbocycles. The average Bonchev–Trinajstić information content (AvgIpc) is 2.14. The SMILES string of the molecule is CC(C)c1cccc2c1OC(C)(C)CC2O. The van der Waals surface area contributed by atoms with Gasteiger partial charge in [0.1, 0.15) is 11.4 Å². The standard InChI is InChI=1S/C14H20O2/c1-9(2)10-6-5-7-11-12(15)8-14(3,4)16-13(10)11/h5-7,9,12,15H,8H2,1-4H3. The highest BCUT2D eigenvalue weighted by atomic mass is 16.5. The molecule has 0 aromatic heterocycles. The van der Waals surface area contributed by atoms with Crippen molar-refractivity contribution in [3.05, 3.63) is 29.3 Å². The zero-order valence-corrected chi connectivity index (χ0v) is 10.4. The van der Waals surface area contributed by atoms with Gasteiger partial charge in [0.15, 0.2) is 0 Å². The molecule has 1 aromatic rings. The van der Waals surface area contributed by atoms with Crippen LogP contribution in [-0.4, -0.2) is 10.7 Å². The molecular weight excluding hydrogens is 200 g/mol. The number of aliphatic hydroxyl groups is 1. The van der Waals surface area contributed by atoms with Crippen molar-refractivity contribution in [2.24, 2.45) is 0 Å². The minimum Gasteiger partial charge on any atom is -0.487 e. The maximum absolute atomic E-state index is 10.1. The van der Waals surface area contributed by atoms with Crippen LogP contribution in [0.1, 0.15) is 57.3 Å². The molecule has 0 saturated heterocycles. The van der Waals surface area contributed by atoms with Crippen molar-refractivity contribution < 1.29 is 9.84 Å². The van der Waals surface area contributed by atoms with E-state index in [0.717, 1.165) is 11.3 Å². The summed E-state index contributed by atoms with van der Waals surface area (Å²) >= 11 is 0. The fourth-order valence-corrected chi connectivity index (χ4v) is 2.30. The maximum atomic E-state index is 10.1. The van der Waals surface area contributed by atoms with Crippen LogP contribution >= 0.6 is 0 Å². The van der Waals surface area contributed by atoms with E-state index in [0.29, 0.717) is 12.3 Å². The van der Waals surface area contributed by atoms with E-state index in [1.54, 1.807) is 0 Å². The Bertz CT molecular complexity index is 379. The van der Waals surface area contributed by atoms with Gasteiger partial charge in [0.25, 0.3) is 0 Å². The molecule has 1 unspecified atom stereocenters. The van der Waals surface area contributed by atoms with Crippen LogP contribution in [0.5, 0.6) is 5.75 Å². The van der Waals surface area contributed by atoms with Crippen molar-refractivity contribution in [1.29, 1.82) is 0 Å². The third kappa shape index (κ3) is 1.94. The molecule has 0 bridgehead atoms. The van der Waals surface area contributed by atoms with Gasteiger partial charge in [-0.2, -0.15) is 0 Å². The molecule has 16 heavy (non-hydrogen) atoms. The van der Waals surface area contributed by atoms with Crippen molar-refractivity contribution >= 4 is 0 Å². The topological polar surface area (TPSA) is 29.5 Å². The summed E-state index contributed by atoms with van der Waals surface area (Å²) in [4.78, 5) is 0.